The molecule has 0 aromatic carbocycles. The number of aldehydes is 1. The summed E-state index contributed by atoms with van der Waals surface area (Å²) in [4.78, 5) is 11.2. The average molecular weight is 198 g/mol. The Kier molecular flexibility index (Phi) is 3.36. The monoisotopic (exact) mass is 198 g/mol. The SMILES string of the molecule is CC(C)OC1(C=O)CCCC(C)(C)C1. The number of carbonyl (C=O) groups is 1. The summed E-state index contributed by atoms with van der Waals surface area (Å²) in [7, 11) is 0. The highest BCUT2D eigenvalue weighted by Gasteiger charge is 2.41. The Hall–Kier alpha value is -0.370. The van der Waals surface area contributed by atoms with E-state index in [1.54, 1.807) is 0 Å². The van der Waals surface area contributed by atoms with E-state index in [9.17, 15) is 4.79 Å². The molecule has 0 bridgehead atoms. The van der Waals surface area contributed by atoms with Crippen molar-refractivity contribution in [2.75, 3.05) is 0 Å². The van der Waals surface area contributed by atoms with E-state index in [0.29, 0.717) is 0 Å². The van der Waals surface area contributed by atoms with Gasteiger partial charge in [0.15, 0.2) is 6.29 Å². The van der Waals surface area contributed by atoms with E-state index in [2.05, 4.69) is 13.8 Å². The quantitative estimate of drug-likeness (QED) is 0.652. The molecule has 0 saturated heterocycles. The van der Waals surface area contributed by atoms with Gasteiger partial charge in [0, 0.05) is 0 Å². The van der Waals surface area contributed by atoms with Crippen LogP contribution in [0.5, 0.6) is 0 Å². The molecule has 0 amide bonds. The molecule has 0 heterocycles. The summed E-state index contributed by atoms with van der Waals surface area (Å²) < 4.78 is 5.80. The van der Waals surface area contributed by atoms with E-state index in [4.69, 9.17) is 4.74 Å². The standard InChI is InChI=1S/C12H22O2/c1-10(2)14-12(9-13)7-5-6-11(3,4)8-12/h9-10H,5-8H2,1-4H3. The highest BCUT2D eigenvalue weighted by Crippen LogP contribution is 2.42. The summed E-state index contributed by atoms with van der Waals surface area (Å²) in [6.45, 7) is 8.42. The first-order valence-electron chi connectivity index (χ1n) is 5.53. The third kappa shape index (κ3) is 2.81. The smallest absolute Gasteiger partial charge is 0.151 e. The van der Waals surface area contributed by atoms with Crippen LogP contribution >= 0.6 is 0 Å². The lowest BCUT2D eigenvalue weighted by molar-refractivity contribution is -0.150. The molecule has 0 aromatic heterocycles. The van der Waals surface area contributed by atoms with Crippen molar-refractivity contribution in [3.8, 4) is 0 Å². The van der Waals surface area contributed by atoms with Crippen LogP contribution in [0.3, 0.4) is 0 Å². The maximum Gasteiger partial charge on any atom is 0.151 e. The Labute approximate surface area is 87.0 Å². The highest BCUT2D eigenvalue weighted by atomic mass is 16.5. The van der Waals surface area contributed by atoms with Crippen molar-refractivity contribution >= 4 is 6.29 Å². The first-order chi connectivity index (χ1) is 6.39. The molecule has 0 aromatic rings. The second kappa shape index (κ2) is 4.01. The Bertz CT molecular complexity index is 208. The van der Waals surface area contributed by atoms with Crippen molar-refractivity contribution in [3.63, 3.8) is 0 Å². The predicted molar refractivity (Wildman–Crippen MR) is 57.3 cm³/mol. The van der Waals surface area contributed by atoms with Crippen LogP contribution in [0, 0.1) is 5.41 Å². The summed E-state index contributed by atoms with van der Waals surface area (Å²) >= 11 is 0. The van der Waals surface area contributed by atoms with Crippen LogP contribution in [-0.4, -0.2) is 18.0 Å². The molecular weight excluding hydrogens is 176 g/mol. The van der Waals surface area contributed by atoms with E-state index in [0.717, 1.165) is 25.5 Å². The van der Waals surface area contributed by atoms with Crippen molar-refractivity contribution < 1.29 is 9.53 Å². The van der Waals surface area contributed by atoms with Gasteiger partial charge in [0.1, 0.15) is 5.60 Å². The predicted octanol–water partition coefficient (Wildman–Crippen LogP) is 2.95. The molecule has 1 fully saturated rings. The molecule has 0 spiro atoms. The molecule has 0 N–H and O–H groups in total. The lowest BCUT2D eigenvalue weighted by Crippen LogP contribution is -2.44. The van der Waals surface area contributed by atoms with Crippen molar-refractivity contribution in [3.05, 3.63) is 0 Å². The van der Waals surface area contributed by atoms with Gasteiger partial charge in [0.25, 0.3) is 0 Å². The van der Waals surface area contributed by atoms with Crippen LogP contribution in [0.2, 0.25) is 0 Å². The van der Waals surface area contributed by atoms with Gasteiger partial charge in [-0.2, -0.15) is 0 Å². The summed E-state index contributed by atoms with van der Waals surface area (Å²) in [6.07, 6.45) is 5.20. The summed E-state index contributed by atoms with van der Waals surface area (Å²) in [5.74, 6) is 0. The molecule has 0 aliphatic heterocycles. The number of rotatable bonds is 3. The Morgan fingerprint density at radius 2 is 1.93 bits per heavy atom. The third-order valence-corrected chi connectivity index (χ3v) is 2.92. The first-order valence-corrected chi connectivity index (χ1v) is 5.53. The molecule has 2 nitrogen and oxygen atoms in total. The fourth-order valence-corrected chi connectivity index (χ4v) is 2.55. The van der Waals surface area contributed by atoms with E-state index in [1.165, 1.54) is 6.42 Å². The number of ether oxygens (including phenoxy) is 1. The minimum atomic E-state index is -0.504. The van der Waals surface area contributed by atoms with Crippen molar-refractivity contribution in [2.24, 2.45) is 5.41 Å². The van der Waals surface area contributed by atoms with Crippen LogP contribution in [-0.2, 0) is 9.53 Å². The van der Waals surface area contributed by atoms with Crippen molar-refractivity contribution in [1.82, 2.24) is 0 Å². The van der Waals surface area contributed by atoms with Gasteiger partial charge in [-0.25, -0.2) is 0 Å². The number of hydrogen-bond donors (Lipinski definition) is 0. The minimum Gasteiger partial charge on any atom is -0.365 e. The molecule has 0 radical (unpaired) electrons. The first kappa shape index (κ1) is 11.7. The highest BCUT2D eigenvalue weighted by molar-refractivity contribution is 5.63. The Morgan fingerprint density at radius 1 is 1.29 bits per heavy atom. The molecule has 1 atom stereocenters. The Morgan fingerprint density at radius 3 is 2.36 bits per heavy atom. The summed E-state index contributed by atoms with van der Waals surface area (Å²) in [6, 6.07) is 0. The van der Waals surface area contributed by atoms with Crippen LogP contribution < -0.4 is 0 Å². The van der Waals surface area contributed by atoms with Gasteiger partial charge in [-0.1, -0.05) is 13.8 Å². The fourth-order valence-electron chi connectivity index (χ4n) is 2.55. The topological polar surface area (TPSA) is 26.3 Å². The Balaban J connectivity index is 2.73. The maximum absolute atomic E-state index is 11.2. The summed E-state index contributed by atoms with van der Waals surface area (Å²) in [5.41, 5.74) is -0.260. The normalized spacial score (nSPS) is 31.8. The third-order valence-electron chi connectivity index (χ3n) is 2.92. The lowest BCUT2D eigenvalue weighted by Gasteiger charge is -2.42. The van der Waals surface area contributed by atoms with Gasteiger partial charge in [-0.3, -0.25) is 0 Å². The van der Waals surface area contributed by atoms with E-state index in [1.807, 2.05) is 13.8 Å². The molecule has 1 unspecified atom stereocenters. The van der Waals surface area contributed by atoms with Crippen molar-refractivity contribution in [1.29, 1.82) is 0 Å². The zero-order valence-electron chi connectivity index (χ0n) is 9.80. The lowest BCUT2D eigenvalue weighted by atomic mass is 9.70. The average Bonchev–Trinajstić information content (AvgIpc) is 2.01. The van der Waals surface area contributed by atoms with Crippen LogP contribution in [0.1, 0.15) is 53.4 Å². The molecule has 14 heavy (non-hydrogen) atoms. The maximum atomic E-state index is 11.2. The molecule has 1 saturated carbocycles. The van der Waals surface area contributed by atoms with Crippen molar-refractivity contribution in [2.45, 2.75) is 65.1 Å². The largest absolute Gasteiger partial charge is 0.365 e. The second-order valence-corrected chi connectivity index (χ2v) is 5.54. The summed E-state index contributed by atoms with van der Waals surface area (Å²) in [5, 5.41) is 0. The van der Waals surface area contributed by atoms with Gasteiger partial charge in [0.05, 0.1) is 6.10 Å². The van der Waals surface area contributed by atoms with Gasteiger partial charge >= 0.3 is 0 Å². The van der Waals surface area contributed by atoms with E-state index >= 15 is 0 Å². The van der Waals surface area contributed by atoms with Crippen LogP contribution in [0.25, 0.3) is 0 Å². The molecule has 82 valence electrons. The zero-order valence-corrected chi connectivity index (χ0v) is 9.80. The van der Waals surface area contributed by atoms with Gasteiger partial charge < -0.3 is 9.53 Å². The van der Waals surface area contributed by atoms with Gasteiger partial charge in [-0.05, 0) is 44.9 Å². The number of hydrogen-bond acceptors (Lipinski definition) is 2. The van der Waals surface area contributed by atoms with Crippen LogP contribution in [0.15, 0.2) is 0 Å². The van der Waals surface area contributed by atoms with Gasteiger partial charge in [0.2, 0.25) is 0 Å². The van der Waals surface area contributed by atoms with Crippen LogP contribution in [0.4, 0.5) is 0 Å². The second-order valence-electron chi connectivity index (χ2n) is 5.54. The minimum absolute atomic E-state index is 0.133. The fraction of sp³-hybridized carbons (Fsp3) is 0.917. The van der Waals surface area contributed by atoms with E-state index < -0.39 is 5.60 Å². The van der Waals surface area contributed by atoms with Gasteiger partial charge in [-0.15, -0.1) is 0 Å². The zero-order chi connectivity index (χ0) is 10.8. The molecule has 1 rings (SSSR count). The molecule has 1 aliphatic rings. The molecule has 1 aliphatic carbocycles. The number of carbonyl (C=O) groups excluding carboxylic acids is 1. The molecular formula is C12H22O2. The molecule has 2 heteroatoms. The van der Waals surface area contributed by atoms with E-state index in [-0.39, 0.29) is 11.5 Å².